The molecular weight excluding hydrogens is 293 g/mol. The number of halogens is 1. The summed E-state index contributed by atoms with van der Waals surface area (Å²) in [5.41, 5.74) is 1.23. The number of hydrogen-bond acceptors (Lipinski definition) is 2. The fraction of sp³-hybridized carbons (Fsp3) is 0.300. The minimum absolute atomic E-state index is 0.284. The Bertz CT molecular complexity index is 292. The molecule has 0 bridgehead atoms. The fourth-order valence-corrected chi connectivity index (χ4v) is 2.58. The van der Waals surface area contributed by atoms with Gasteiger partial charge in [-0.25, -0.2) is 0 Å². The number of rotatable bonds is 3. The highest BCUT2D eigenvalue weighted by atomic mass is 127. The minimum atomic E-state index is 0.284. The topological polar surface area (TPSA) is 23.8 Å². The molecule has 1 aromatic rings. The molecule has 0 heterocycles. The normalized spacial score (nSPS) is 14.5. The molecule has 0 radical (unpaired) electrons. The van der Waals surface area contributed by atoms with Crippen LogP contribution in [-0.4, -0.2) is 3.92 Å². The Kier molecular flexibility index (Phi) is 4.60. The van der Waals surface area contributed by atoms with Crippen LogP contribution in [0.5, 0.6) is 0 Å². The molecule has 0 aliphatic rings. The van der Waals surface area contributed by atoms with Gasteiger partial charge in [-0.1, -0.05) is 59.8 Å². The smallest absolute Gasteiger partial charge is 0.134 e. The molecule has 0 aromatic heterocycles. The summed E-state index contributed by atoms with van der Waals surface area (Å²) in [7, 11) is 0. The van der Waals surface area contributed by atoms with Gasteiger partial charge in [0.25, 0.3) is 0 Å². The van der Waals surface area contributed by atoms with Gasteiger partial charge in [-0.2, -0.15) is 5.26 Å². The van der Waals surface area contributed by atoms with Crippen LogP contribution in [0.15, 0.2) is 30.3 Å². The highest BCUT2D eigenvalue weighted by Gasteiger charge is 2.16. The second kappa shape index (κ2) is 5.51. The molecule has 1 nitrogen and oxygen atoms in total. The highest BCUT2D eigenvalue weighted by Crippen LogP contribution is 2.34. The van der Waals surface area contributed by atoms with Crippen LogP contribution in [-0.2, 0) is 0 Å². The van der Waals surface area contributed by atoms with Crippen molar-refractivity contribution >= 4 is 34.4 Å². The molecule has 0 spiro atoms. The van der Waals surface area contributed by atoms with Crippen molar-refractivity contribution in [3.05, 3.63) is 35.9 Å². The minimum Gasteiger partial charge on any atom is -0.185 e. The van der Waals surface area contributed by atoms with E-state index in [2.05, 4.69) is 47.0 Å². The van der Waals surface area contributed by atoms with E-state index in [4.69, 9.17) is 5.26 Å². The van der Waals surface area contributed by atoms with Crippen molar-refractivity contribution in [2.75, 3.05) is 0 Å². The molecule has 0 fully saturated rings. The van der Waals surface area contributed by atoms with Crippen molar-refractivity contribution in [1.82, 2.24) is 0 Å². The lowest BCUT2D eigenvalue weighted by Gasteiger charge is -2.15. The van der Waals surface area contributed by atoms with E-state index in [9.17, 15) is 0 Å². The Morgan fingerprint density at radius 2 is 2.00 bits per heavy atom. The molecule has 2 atom stereocenters. The number of alkyl halides is 1. The first-order valence-electron chi connectivity index (χ1n) is 3.99. The summed E-state index contributed by atoms with van der Waals surface area (Å²) in [6.07, 6.45) is 0. The van der Waals surface area contributed by atoms with Gasteiger partial charge < -0.3 is 0 Å². The van der Waals surface area contributed by atoms with Crippen molar-refractivity contribution in [2.24, 2.45) is 0 Å². The van der Waals surface area contributed by atoms with Crippen LogP contribution < -0.4 is 0 Å². The number of thiocyanates is 1. The third-order valence-corrected chi connectivity index (χ3v) is 3.97. The summed E-state index contributed by atoms with van der Waals surface area (Å²) in [6, 6.07) is 10.2. The van der Waals surface area contributed by atoms with Gasteiger partial charge in [-0.3, -0.25) is 0 Å². The fourth-order valence-electron chi connectivity index (χ4n) is 1.13. The van der Waals surface area contributed by atoms with Gasteiger partial charge >= 0.3 is 0 Å². The number of nitrogens with zero attached hydrogens (tertiary/aromatic N) is 1. The van der Waals surface area contributed by atoms with E-state index in [1.54, 1.807) is 0 Å². The Morgan fingerprint density at radius 3 is 2.46 bits per heavy atom. The summed E-state index contributed by atoms with van der Waals surface area (Å²) in [5.74, 6) is 0. The third kappa shape index (κ3) is 3.20. The van der Waals surface area contributed by atoms with Crippen LogP contribution in [0.25, 0.3) is 0 Å². The SMILES string of the molecule is CC(I)C(SC#N)c1ccccc1. The van der Waals surface area contributed by atoms with Crippen molar-refractivity contribution in [3.8, 4) is 5.40 Å². The summed E-state index contributed by atoms with van der Waals surface area (Å²) in [4.78, 5) is 0. The zero-order valence-corrected chi connectivity index (χ0v) is 10.2. The first kappa shape index (κ1) is 10.9. The molecule has 0 aliphatic heterocycles. The summed E-state index contributed by atoms with van der Waals surface area (Å²) < 4.78 is 0.463. The Labute approximate surface area is 96.7 Å². The molecule has 68 valence electrons. The average Bonchev–Trinajstić information content (AvgIpc) is 2.15. The molecule has 0 saturated carbocycles. The number of benzene rings is 1. The first-order valence-corrected chi connectivity index (χ1v) is 6.12. The molecule has 1 rings (SSSR count). The Hall–Kier alpha value is -0.210. The quantitative estimate of drug-likeness (QED) is 0.482. The molecule has 0 amide bonds. The van der Waals surface area contributed by atoms with E-state index >= 15 is 0 Å². The first-order chi connectivity index (χ1) is 6.25. The van der Waals surface area contributed by atoms with Gasteiger partial charge in [-0.15, -0.1) is 0 Å². The van der Waals surface area contributed by atoms with Crippen molar-refractivity contribution in [1.29, 1.82) is 5.26 Å². The Balaban J connectivity index is 2.84. The summed E-state index contributed by atoms with van der Waals surface area (Å²) in [6.45, 7) is 2.13. The Morgan fingerprint density at radius 1 is 1.38 bits per heavy atom. The van der Waals surface area contributed by atoms with E-state index in [-0.39, 0.29) is 5.25 Å². The van der Waals surface area contributed by atoms with E-state index < -0.39 is 0 Å². The van der Waals surface area contributed by atoms with Gasteiger partial charge in [-0.05, 0) is 17.3 Å². The lowest BCUT2D eigenvalue weighted by atomic mass is 10.1. The second-order valence-electron chi connectivity index (χ2n) is 2.72. The largest absolute Gasteiger partial charge is 0.185 e. The molecule has 3 heteroatoms. The van der Waals surface area contributed by atoms with Crippen molar-refractivity contribution in [2.45, 2.75) is 16.1 Å². The summed E-state index contributed by atoms with van der Waals surface area (Å²) in [5, 5.41) is 11.1. The van der Waals surface area contributed by atoms with E-state index in [1.165, 1.54) is 17.3 Å². The van der Waals surface area contributed by atoms with Crippen LogP contribution in [0.3, 0.4) is 0 Å². The number of hydrogen-bond donors (Lipinski definition) is 0. The predicted molar refractivity (Wildman–Crippen MR) is 65.9 cm³/mol. The van der Waals surface area contributed by atoms with E-state index in [1.807, 2.05) is 18.2 Å². The predicted octanol–water partition coefficient (Wildman–Crippen LogP) is 3.77. The molecule has 0 saturated heterocycles. The zero-order valence-electron chi connectivity index (χ0n) is 7.27. The third-order valence-electron chi connectivity index (χ3n) is 1.72. The molecule has 13 heavy (non-hydrogen) atoms. The monoisotopic (exact) mass is 303 g/mol. The maximum absolute atomic E-state index is 8.66. The molecule has 0 aliphatic carbocycles. The lowest BCUT2D eigenvalue weighted by Crippen LogP contribution is -2.03. The molecular formula is C10H10INS. The van der Waals surface area contributed by atoms with Gasteiger partial charge in [0, 0.05) is 3.92 Å². The van der Waals surface area contributed by atoms with Crippen LogP contribution >= 0.6 is 34.4 Å². The van der Waals surface area contributed by atoms with Gasteiger partial charge in [0.05, 0.1) is 5.25 Å². The molecule has 1 aromatic carbocycles. The van der Waals surface area contributed by atoms with E-state index in [0.29, 0.717) is 3.92 Å². The van der Waals surface area contributed by atoms with Gasteiger partial charge in [0.15, 0.2) is 0 Å². The zero-order chi connectivity index (χ0) is 9.68. The summed E-state index contributed by atoms with van der Waals surface area (Å²) >= 11 is 3.70. The standard InChI is InChI=1S/C10H10INS/c1-8(11)10(13-7-12)9-5-3-2-4-6-9/h2-6,8,10H,1H3. The van der Waals surface area contributed by atoms with Gasteiger partial charge in [0.1, 0.15) is 5.40 Å². The second-order valence-corrected chi connectivity index (χ2v) is 5.61. The highest BCUT2D eigenvalue weighted by molar-refractivity contribution is 14.1. The molecule has 2 unspecified atom stereocenters. The molecule has 0 N–H and O–H groups in total. The maximum Gasteiger partial charge on any atom is 0.134 e. The lowest BCUT2D eigenvalue weighted by molar-refractivity contribution is 0.952. The van der Waals surface area contributed by atoms with Crippen LogP contribution in [0.4, 0.5) is 0 Å². The van der Waals surface area contributed by atoms with Crippen molar-refractivity contribution in [3.63, 3.8) is 0 Å². The van der Waals surface area contributed by atoms with Crippen LogP contribution in [0, 0.1) is 10.7 Å². The van der Waals surface area contributed by atoms with Crippen molar-refractivity contribution < 1.29 is 0 Å². The van der Waals surface area contributed by atoms with Gasteiger partial charge in [0.2, 0.25) is 0 Å². The van der Waals surface area contributed by atoms with Crippen LogP contribution in [0.1, 0.15) is 17.7 Å². The average molecular weight is 303 g/mol. The maximum atomic E-state index is 8.66. The number of thioether (sulfide) groups is 1. The number of nitriles is 1. The van der Waals surface area contributed by atoms with Crippen LogP contribution in [0.2, 0.25) is 0 Å². The van der Waals surface area contributed by atoms with E-state index in [0.717, 1.165) is 0 Å².